The first kappa shape index (κ1) is 18.9. The Hall–Kier alpha value is -4.13. The number of ether oxygens (including phenoxy) is 2. The molecule has 0 aliphatic carbocycles. The lowest BCUT2D eigenvalue weighted by Crippen LogP contribution is -2.25. The number of nitrogens with one attached hydrogen (secondary N) is 1. The number of ketones is 1. The minimum Gasteiger partial charge on any atom is -0.482 e. The standard InChI is InChI=1S/C24H17NO6/c26-19(15-6-7-20-18(9-15)25-22(27)13-30-20)12-31-23(28)10-16-11-29-21-8-5-14-3-1-2-4-17(14)24(16)21/h1-9,11H,10,12-13H2,(H,25,27). The molecule has 0 fully saturated rings. The van der Waals surface area contributed by atoms with Crippen LogP contribution in [-0.2, 0) is 20.7 Å². The second kappa shape index (κ2) is 7.60. The normalized spacial score (nSPS) is 12.8. The molecule has 4 aromatic rings. The monoisotopic (exact) mass is 415 g/mol. The topological polar surface area (TPSA) is 94.8 Å². The molecule has 1 aliphatic rings. The first-order valence-electron chi connectivity index (χ1n) is 9.72. The van der Waals surface area contributed by atoms with Gasteiger partial charge in [-0.15, -0.1) is 0 Å². The van der Waals surface area contributed by atoms with Crippen LogP contribution in [0.5, 0.6) is 5.75 Å². The van der Waals surface area contributed by atoms with Crippen LogP contribution >= 0.6 is 0 Å². The summed E-state index contributed by atoms with van der Waals surface area (Å²) in [6.45, 7) is -0.459. The summed E-state index contributed by atoms with van der Waals surface area (Å²) in [5.74, 6) is -0.701. The van der Waals surface area contributed by atoms with Gasteiger partial charge in [0.25, 0.3) is 5.91 Å². The van der Waals surface area contributed by atoms with Crippen LogP contribution in [-0.4, -0.2) is 30.9 Å². The Balaban J connectivity index is 1.28. The van der Waals surface area contributed by atoms with Crippen LogP contribution in [0.2, 0.25) is 0 Å². The quantitative estimate of drug-likeness (QED) is 0.393. The largest absolute Gasteiger partial charge is 0.482 e. The van der Waals surface area contributed by atoms with E-state index in [4.69, 9.17) is 13.9 Å². The van der Waals surface area contributed by atoms with Crippen molar-refractivity contribution in [3.05, 3.63) is 72.0 Å². The molecular weight excluding hydrogens is 398 g/mol. The van der Waals surface area contributed by atoms with Gasteiger partial charge in [-0.1, -0.05) is 30.3 Å². The molecule has 1 amide bonds. The number of amides is 1. The molecule has 1 aliphatic heterocycles. The van der Waals surface area contributed by atoms with E-state index >= 15 is 0 Å². The summed E-state index contributed by atoms with van der Waals surface area (Å²) in [6, 6.07) is 16.4. The molecule has 7 nitrogen and oxygen atoms in total. The summed E-state index contributed by atoms with van der Waals surface area (Å²) in [5, 5.41) is 5.55. The molecule has 2 heterocycles. The van der Waals surface area contributed by atoms with Crippen LogP contribution in [0.25, 0.3) is 21.7 Å². The van der Waals surface area contributed by atoms with E-state index in [1.54, 1.807) is 18.4 Å². The minimum atomic E-state index is -0.529. The fourth-order valence-corrected chi connectivity index (χ4v) is 3.70. The Morgan fingerprint density at radius 3 is 2.84 bits per heavy atom. The SMILES string of the molecule is O=C1COc2ccc(C(=O)COC(=O)Cc3coc4ccc5ccccc5c34)cc2N1. The molecule has 1 N–H and O–H groups in total. The summed E-state index contributed by atoms with van der Waals surface area (Å²) in [4.78, 5) is 36.3. The molecule has 31 heavy (non-hydrogen) atoms. The predicted molar refractivity (Wildman–Crippen MR) is 113 cm³/mol. The number of hydrogen-bond donors (Lipinski definition) is 1. The van der Waals surface area contributed by atoms with Gasteiger partial charge in [-0.2, -0.15) is 0 Å². The maximum absolute atomic E-state index is 12.5. The number of furan rings is 1. The highest BCUT2D eigenvalue weighted by atomic mass is 16.5. The van der Waals surface area contributed by atoms with Crippen LogP contribution in [0, 0.1) is 0 Å². The first-order chi connectivity index (χ1) is 15.1. The van der Waals surface area contributed by atoms with E-state index in [1.807, 2.05) is 36.4 Å². The van der Waals surface area contributed by atoms with Crippen LogP contribution in [0.15, 0.2) is 65.3 Å². The van der Waals surface area contributed by atoms with Crippen molar-refractivity contribution in [2.45, 2.75) is 6.42 Å². The number of esters is 1. The summed E-state index contributed by atoms with van der Waals surface area (Å²) in [6.07, 6.45) is 1.54. The molecule has 7 heteroatoms. The van der Waals surface area contributed by atoms with Gasteiger partial charge in [0, 0.05) is 16.5 Å². The van der Waals surface area contributed by atoms with E-state index < -0.39 is 12.6 Å². The molecule has 3 aromatic carbocycles. The summed E-state index contributed by atoms with van der Waals surface area (Å²) in [5.41, 5.74) is 2.14. The zero-order valence-corrected chi connectivity index (χ0v) is 16.3. The summed E-state index contributed by atoms with van der Waals surface area (Å²) < 4.78 is 16.1. The van der Waals surface area contributed by atoms with Crippen molar-refractivity contribution >= 4 is 45.1 Å². The fourth-order valence-electron chi connectivity index (χ4n) is 3.70. The van der Waals surface area contributed by atoms with E-state index in [1.165, 1.54) is 6.07 Å². The molecule has 1 aromatic heterocycles. The molecule has 0 spiro atoms. The second-order valence-electron chi connectivity index (χ2n) is 7.23. The number of anilines is 1. The maximum Gasteiger partial charge on any atom is 0.310 e. The van der Waals surface area contributed by atoms with Crippen LogP contribution < -0.4 is 10.1 Å². The Bertz CT molecular complexity index is 1350. The van der Waals surface area contributed by atoms with Crippen molar-refractivity contribution in [3.8, 4) is 5.75 Å². The third-order valence-corrected chi connectivity index (χ3v) is 5.17. The van der Waals surface area contributed by atoms with Gasteiger partial charge in [-0.05, 0) is 35.0 Å². The van der Waals surface area contributed by atoms with E-state index in [0.29, 0.717) is 28.1 Å². The molecule has 0 unspecified atom stereocenters. The highest BCUT2D eigenvalue weighted by Gasteiger charge is 2.19. The highest BCUT2D eigenvalue weighted by molar-refractivity contribution is 6.08. The van der Waals surface area contributed by atoms with Crippen molar-refractivity contribution in [1.29, 1.82) is 0 Å². The third-order valence-electron chi connectivity index (χ3n) is 5.17. The summed E-state index contributed by atoms with van der Waals surface area (Å²) in [7, 11) is 0. The van der Waals surface area contributed by atoms with Gasteiger partial charge in [-0.25, -0.2) is 0 Å². The van der Waals surface area contributed by atoms with E-state index in [9.17, 15) is 14.4 Å². The van der Waals surface area contributed by atoms with Gasteiger partial charge < -0.3 is 19.2 Å². The van der Waals surface area contributed by atoms with Crippen molar-refractivity contribution < 1.29 is 28.3 Å². The number of rotatable bonds is 5. The average Bonchev–Trinajstić information content (AvgIpc) is 3.20. The average molecular weight is 415 g/mol. The number of benzene rings is 3. The molecule has 0 saturated heterocycles. The Morgan fingerprint density at radius 2 is 1.94 bits per heavy atom. The molecule has 0 saturated carbocycles. The molecular formula is C24H17NO6. The van der Waals surface area contributed by atoms with E-state index in [2.05, 4.69) is 5.32 Å². The lowest BCUT2D eigenvalue weighted by atomic mass is 10.0. The van der Waals surface area contributed by atoms with Gasteiger partial charge >= 0.3 is 5.97 Å². The van der Waals surface area contributed by atoms with Crippen LogP contribution in [0.4, 0.5) is 5.69 Å². The van der Waals surface area contributed by atoms with Crippen molar-refractivity contribution in [2.75, 3.05) is 18.5 Å². The highest BCUT2D eigenvalue weighted by Crippen LogP contribution is 2.31. The lowest BCUT2D eigenvalue weighted by Gasteiger charge is -2.18. The Labute approximate surface area is 176 Å². The zero-order valence-electron chi connectivity index (χ0n) is 16.3. The number of hydrogen-bond acceptors (Lipinski definition) is 6. The lowest BCUT2D eigenvalue weighted by molar-refractivity contribution is -0.141. The fraction of sp³-hybridized carbons (Fsp3) is 0.125. The van der Waals surface area contributed by atoms with Crippen molar-refractivity contribution in [3.63, 3.8) is 0 Å². The van der Waals surface area contributed by atoms with Crippen molar-refractivity contribution in [2.24, 2.45) is 0 Å². The van der Waals surface area contributed by atoms with Gasteiger partial charge in [-0.3, -0.25) is 14.4 Å². The smallest absolute Gasteiger partial charge is 0.310 e. The molecule has 0 atom stereocenters. The van der Waals surface area contributed by atoms with Gasteiger partial charge in [0.2, 0.25) is 0 Å². The van der Waals surface area contributed by atoms with E-state index in [-0.39, 0.29) is 24.7 Å². The number of carbonyl (C=O) groups is 3. The Morgan fingerprint density at radius 1 is 1.06 bits per heavy atom. The maximum atomic E-state index is 12.5. The van der Waals surface area contributed by atoms with Crippen LogP contribution in [0.1, 0.15) is 15.9 Å². The number of carbonyl (C=O) groups excluding carboxylic acids is 3. The third kappa shape index (κ3) is 3.61. The molecule has 0 radical (unpaired) electrons. The first-order valence-corrected chi connectivity index (χ1v) is 9.72. The second-order valence-corrected chi connectivity index (χ2v) is 7.23. The summed E-state index contributed by atoms with van der Waals surface area (Å²) >= 11 is 0. The number of Topliss-reactive ketones (excluding diaryl/α,β-unsaturated/α-hetero) is 1. The molecule has 154 valence electrons. The van der Waals surface area contributed by atoms with Gasteiger partial charge in [0.15, 0.2) is 19.0 Å². The number of fused-ring (bicyclic) bond motifs is 4. The zero-order chi connectivity index (χ0) is 21.4. The van der Waals surface area contributed by atoms with E-state index in [0.717, 1.165) is 16.2 Å². The molecule has 0 bridgehead atoms. The van der Waals surface area contributed by atoms with Crippen molar-refractivity contribution in [1.82, 2.24) is 0 Å². The van der Waals surface area contributed by atoms with Crippen LogP contribution in [0.3, 0.4) is 0 Å². The van der Waals surface area contributed by atoms with Gasteiger partial charge in [0.1, 0.15) is 11.3 Å². The molecule has 5 rings (SSSR count). The predicted octanol–water partition coefficient (Wildman–Crippen LogP) is 3.89. The van der Waals surface area contributed by atoms with Gasteiger partial charge in [0.05, 0.1) is 18.4 Å². The Kier molecular flexibility index (Phi) is 4.63. The minimum absolute atomic E-state index is 0.0115.